The first-order valence-corrected chi connectivity index (χ1v) is 6.65. The monoisotopic (exact) mass is 297 g/mol. The van der Waals surface area contributed by atoms with Gasteiger partial charge in [0.1, 0.15) is 0 Å². The van der Waals surface area contributed by atoms with Gasteiger partial charge >= 0.3 is 7.12 Å². The van der Waals surface area contributed by atoms with Gasteiger partial charge in [0.05, 0.1) is 17.8 Å². The molecule has 1 aliphatic rings. The van der Waals surface area contributed by atoms with Crippen molar-refractivity contribution in [3.8, 4) is 0 Å². The van der Waals surface area contributed by atoms with Crippen LogP contribution in [0, 0.1) is 11.9 Å². The number of halogens is 2. The smallest absolute Gasteiger partial charge is 0.400 e. The zero-order valence-corrected chi connectivity index (χ0v) is 12.5. The van der Waals surface area contributed by atoms with Crippen LogP contribution < -0.4 is 0 Å². The molecule has 2 heterocycles. The summed E-state index contributed by atoms with van der Waals surface area (Å²) < 4.78 is 37.8. The van der Waals surface area contributed by atoms with Crippen molar-refractivity contribution in [1.82, 2.24) is 4.98 Å². The van der Waals surface area contributed by atoms with Crippen molar-refractivity contribution in [2.75, 3.05) is 6.61 Å². The Labute approximate surface area is 122 Å². The molecule has 1 saturated heterocycles. The topological polar surface area (TPSA) is 51.6 Å². The third kappa shape index (κ3) is 3.31. The Morgan fingerprint density at radius 1 is 1.19 bits per heavy atom. The van der Waals surface area contributed by atoms with Gasteiger partial charge in [0, 0.05) is 12.1 Å². The Hall–Kier alpha value is -1.31. The lowest BCUT2D eigenvalue weighted by Gasteiger charge is -2.32. The van der Waals surface area contributed by atoms with Crippen LogP contribution in [0.3, 0.4) is 0 Å². The van der Waals surface area contributed by atoms with Crippen molar-refractivity contribution in [3.63, 3.8) is 0 Å². The Kier molecular flexibility index (Phi) is 4.19. The minimum Gasteiger partial charge on any atom is -0.400 e. The Morgan fingerprint density at radius 3 is 2.10 bits per heavy atom. The SMILES string of the molecule is CC1(C)OB(C(=Cc2cc(F)nc(F)c2)CO)OC1(C)C. The maximum Gasteiger partial charge on any atom is 0.492 e. The Bertz CT molecular complexity index is 539. The molecule has 21 heavy (non-hydrogen) atoms. The van der Waals surface area contributed by atoms with Gasteiger partial charge in [0.2, 0.25) is 11.9 Å². The molecule has 1 aliphatic heterocycles. The molecular weight excluding hydrogens is 279 g/mol. The fourth-order valence-electron chi connectivity index (χ4n) is 1.96. The highest BCUT2D eigenvalue weighted by molar-refractivity contribution is 6.55. The van der Waals surface area contributed by atoms with Gasteiger partial charge in [-0.15, -0.1) is 0 Å². The molecule has 114 valence electrons. The average molecular weight is 297 g/mol. The largest absolute Gasteiger partial charge is 0.492 e. The fraction of sp³-hybridized carbons (Fsp3) is 0.500. The van der Waals surface area contributed by atoms with Gasteiger partial charge in [-0.1, -0.05) is 6.08 Å². The Balaban J connectivity index is 2.30. The van der Waals surface area contributed by atoms with Gasteiger partial charge in [-0.25, -0.2) is 0 Å². The lowest BCUT2D eigenvalue weighted by atomic mass is 9.77. The number of rotatable bonds is 3. The Morgan fingerprint density at radius 2 is 1.67 bits per heavy atom. The lowest BCUT2D eigenvalue weighted by Crippen LogP contribution is -2.41. The van der Waals surface area contributed by atoms with E-state index in [1.807, 2.05) is 27.7 Å². The maximum absolute atomic E-state index is 13.1. The standard InChI is InChI=1S/C14H18BF2NO3/c1-13(2)14(3,4)21-15(20-13)10(8-19)5-9-6-11(16)18-12(17)7-9/h5-7,19H,8H2,1-4H3. The molecule has 0 aromatic carbocycles. The zero-order chi connectivity index (χ0) is 15.8. The third-order valence-corrected chi connectivity index (χ3v) is 3.88. The number of aliphatic hydroxyl groups is 1. The quantitative estimate of drug-likeness (QED) is 0.687. The van der Waals surface area contributed by atoms with Crippen LogP contribution in [0.4, 0.5) is 8.78 Å². The molecule has 1 fully saturated rings. The summed E-state index contributed by atoms with van der Waals surface area (Å²) in [6, 6.07) is 2.15. The first kappa shape index (κ1) is 16.1. The van der Waals surface area contributed by atoms with Crippen molar-refractivity contribution < 1.29 is 23.2 Å². The van der Waals surface area contributed by atoms with E-state index < -0.39 is 30.2 Å². The number of nitrogens with zero attached hydrogens (tertiary/aromatic N) is 1. The molecular formula is C14H18BF2NO3. The molecule has 0 radical (unpaired) electrons. The van der Waals surface area contributed by atoms with Crippen LogP contribution in [-0.2, 0) is 9.31 Å². The number of hydrogen-bond acceptors (Lipinski definition) is 4. The predicted molar refractivity (Wildman–Crippen MR) is 75.3 cm³/mol. The second-order valence-electron chi connectivity index (χ2n) is 6.01. The van der Waals surface area contributed by atoms with Crippen LogP contribution in [0.25, 0.3) is 6.08 Å². The van der Waals surface area contributed by atoms with Crippen LogP contribution in [-0.4, -0.2) is 35.0 Å². The molecule has 4 nitrogen and oxygen atoms in total. The molecule has 2 rings (SSSR count). The van der Waals surface area contributed by atoms with E-state index in [0.29, 0.717) is 5.47 Å². The lowest BCUT2D eigenvalue weighted by molar-refractivity contribution is 0.00578. The molecule has 1 aromatic rings. The maximum atomic E-state index is 13.1. The molecule has 0 amide bonds. The summed E-state index contributed by atoms with van der Waals surface area (Å²) in [5.41, 5.74) is -0.473. The molecule has 0 saturated carbocycles. The summed E-state index contributed by atoms with van der Waals surface area (Å²) in [6.45, 7) is 7.19. The number of pyridine rings is 1. The van der Waals surface area contributed by atoms with Crippen LogP contribution >= 0.6 is 0 Å². The fourth-order valence-corrected chi connectivity index (χ4v) is 1.96. The van der Waals surface area contributed by atoms with Gasteiger partial charge in [-0.2, -0.15) is 13.8 Å². The highest BCUT2D eigenvalue weighted by Crippen LogP contribution is 2.38. The minimum absolute atomic E-state index is 0.249. The van der Waals surface area contributed by atoms with Crippen molar-refractivity contribution in [3.05, 3.63) is 35.1 Å². The van der Waals surface area contributed by atoms with Crippen molar-refractivity contribution >= 4 is 13.2 Å². The number of hydrogen-bond donors (Lipinski definition) is 1. The normalized spacial score (nSPS) is 20.9. The number of aliphatic hydroxyl groups excluding tert-OH is 1. The van der Waals surface area contributed by atoms with Crippen molar-refractivity contribution in [2.24, 2.45) is 0 Å². The van der Waals surface area contributed by atoms with Gasteiger partial charge < -0.3 is 14.4 Å². The van der Waals surface area contributed by atoms with Gasteiger partial charge in [-0.05, 0) is 38.7 Å². The zero-order valence-electron chi connectivity index (χ0n) is 12.5. The minimum atomic E-state index is -0.924. The van der Waals surface area contributed by atoms with E-state index in [2.05, 4.69) is 4.98 Å². The summed E-state index contributed by atoms with van der Waals surface area (Å²) in [7, 11) is -0.765. The summed E-state index contributed by atoms with van der Waals surface area (Å²) in [5, 5.41) is 9.50. The second kappa shape index (κ2) is 5.48. The van der Waals surface area contributed by atoms with E-state index in [-0.39, 0.29) is 12.2 Å². The van der Waals surface area contributed by atoms with Crippen molar-refractivity contribution in [1.29, 1.82) is 0 Å². The van der Waals surface area contributed by atoms with E-state index in [1.54, 1.807) is 0 Å². The van der Waals surface area contributed by atoms with Crippen LogP contribution in [0.15, 0.2) is 17.6 Å². The van der Waals surface area contributed by atoms with E-state index in [1.165, 1.54) is 6.08 Å². The predicted octanol–water partition coefficient (Wildman–Crippen LogP) is 2.37. The van der Waals surface area contributed by atoms with E-state index in [4.69, 9.17) is 9.31 Å². The van der Waals surface area contributed by atoms with E-state index in [9.17, 15) is 13.9 Å². The van der Waals surface area contributed by atoms with Gasteiger partial charge in [-0.3, -0.25) is 0 Å². The molecule has 0 unspecified atom stereocenters. The molecule has 0 aliphatic carbocycles. The summed E-state index contributed by atoms with van der Waals surface area (Å²) in [4.78, 5) is 3.02. The molecule has 0 bridgehead atoms. The van der Waals surface area contributed by atoms with Gasteiger partial charge in [0.25, 0.3) is 0 Å². The summed E-state index contributed by atoms with van der Waals surface area (Å²) in [6.07, 6.45) is 1.44. The third-order valence-electron chi connectivity index (χ3n) is 3.88. The highest BCUT2D eigenvalue weighted by atomic mass is 19.1. The first-order valence-electron chi connectivity index (χ1n) is 6.65. The first-order chi connectivity index (χ1) is 9.64. The van der Waals surface area contributed by atoms with E-state index in [0.717, 1.165) is 12.1 Å². The van der Waals surface area contributed by atoms with Crippen LogP contribution in [0.5, 0.6) is 0 Å². The molecule has 7 heteroatoms. The summed E-state index contributed by atoms with van der Waals surface area (Å²) in [5.74, 6) is -1.85. The van der Waals surface area contributed by atoms with Crippen LogP contribution in [0.2, 0.25) is 0 Å². The molecule has 0 spiro atoms. The molecule has 1 N–H and O–H groups in total. The van der Waals surface area contributed by atoms with E-state index >= 15 is 0 Å². The van der Waals surface area contributed by atoms with Gasteiger partial charge in [0.15, 0.2) is 0 Å². The molecule has 1 aromatic heterocycles. The van der Waals surface area contributed by atoms with Crippen LogP contribution in [0.1, 0.15) is 33.3 Å². The highest BCUT2D eigenvalue weighted by Gasteiger charge is 2.52. The second-order valence-corrected chi connectivity index (χ2v) is 6.01. The number of aromatic nitrogens is 1. The summed E-state index contributed by atoms with van der Waals surface area (Å²) >= 11 is 0. The average Bonchev–Trinajstić information content (AvgIpc) is 2.54. The molecule has 0 atom stereocenters. The van der Waals surface area contributed by atoms with Crippen molar-refractivity contribution in [2.45, 2.75) is 38.9 Å².